The second-order valence-electron chi connectivity index (χ2n) is 4.09. The maximum Gasteiger partial charge on any atom is 0.208 e. The van der Waals surface area contributed by atoms with Crippen molar-refractivity contribution in [1.29, 1.82) is 0 Å². The van der Waals surface area contributed by atoms with E-state index >= 15 is 0 Å². The molecule has 16 heavy (non-hydrogen) atoms. The van der Waals surface area contributed by atoms with Crippen molar-refractivity contribution in [1.82, 2.24) is 10.3 Å². The Labute approximate surface area is 99.5 Å². The van der Waals surface area contributed by atoms with Gasteiger partial charge < -0.3 is 9.73 Å². The normalized spacial score (nSPS) is 11.2. The minimum atomic E-state index is 0.443. The van der Waals surface area contributed by atoms with E-state index in [4.69, 9.17) is 4.42 Å². The Hall–Kier alpha value is -1.13. The van der Waals surface area contributed by atoms with E-state index < -0.39 is 0 Å². The lowest BCUT2D eigenvalue weighted by molar-refractivity contribution is 0.459. The first-order valence-corrected chi connectivity index (χ1v) is 6.27. The predicted molar refractivity (Wildman–Crippen MR) is 66.5 cm³/mol. The zero-order valence-electron chi connectivity index (χ0n) is 9.78. The Balaban J connectivity index is 2.11. The van der Waals surface area contributed by atoms with Crippen LogP contribution >= 0.6 is 11.3 Å². The highest BCUT2D eigenvalue weighted by molar-refractivity contribution is 7.13. The van der Waals surface area contributed by atoms with Crippen molar-refractivity contribution in [2.24, 2.45) is 0 Å². The molecule has 0 fully saturated rings. The van der Waals surface area contributed by atoms with Crippen LogP contribution in [0.1, 0.15) is 25.3 Å². The summed E-state index contributed by atoms with van der Waals surface area (Å²) in [4.78, 5) is 5.43. The highest BCUT2D eigenvalue weighted by Gasteiger charge is 2.09. The molecule has 0 aliphatic heterocycles. The lowest BCUT2D eigenvalue weighted by atomic mass is 10.2. The van der Waals surface area contributed by atoms with E-state index in [2.05, 4.69) is 42.5 Å². The molecule has 0 aliphatic rings. The predicted octanol–water partition coefficient (Wildman–Crippen LogP) is 3.21. The largest absolute Gasteiger partial charge is 0.438 e. The summed E-state index contributed by atoms with van der Waals surface area (Å²) in [5.74, 6) is 1.62. The summed E-state index contributed by atoms with van der Waals surface area (Å²) < 4.78 is 5.70. The van der Waals surface area contributed by atoms with Crippen LogP contribution in [-0.4, -0.2) is 11.0 Å². The van der Waals surface area contributed by atoms with E-state index in [-0.39, 0.29) is 0 Å². The Bertz CT molecular complexity index is 459. The standard InChI is InChI=1S/C12H16N2OS/c1-8(2)13-7-11-14-6-10(15-11)12-9(3)4-5-16-12/h4-6,8,13H,7H2,1-3H3. The summed E-state index contributed by atoms with van der Waals surface area (Å²) in [7, 11) is 0. The van der Waals surface area contributed by atoms with Crippen LogP contribution in [0.3, 0.4) is 0 Å². The average Bonchev–Trinajstić information content (AvgIpc) is 2.83. The van der Waals surface area contributed by atoms with E-state index in [1.165, 1.54) is 10.4 Å². The van der Waals surface area contributed by atoms with Crippen LogP contribution in [0.15, 0.2) is 22.1 Å². The van der Waals surface area contributed by atoms with Crippen molar-refractivity contribution >= 4 is 11.3 Å². The van der Waals surface area contributed by atoms with Gasteiger partial charge in [-0.3, -0.25) is 0 Å². The Kier molecular flexibility index (Phi) is 3.41. The number of aryl methyl sites for hydroxylation is 1. The van der Waals surface area contributed by atoms with Gasteiger partial charge in [0, 0.05) is 6.04 Å². The Morgan fingerprint density at radius 2 is 2.31 bits per heavy atom. The molecule has 0 saturated heterocycles. The minimum Gasteiger partial charge on any atom is -0.438 e. The molecular weight excluding hydrogens is 220 g/mol. The molecule has 2 aromatic rings. The Morgan fingerprint density at radius 3 is 2.94 bits per heavy atom. The maximum absolute atomic E-state index is 5.70. The van der Waals surface area contributed by atoms with Crippen molar-refractivity contribution in [3.05, 3.63) is 29.1 Å². The molecule has 2 heterocycles. The molecule has 86 valence electrons. The van der Waals surface area contributed by atoms with Crippen molar-refractivity contribution < 1.29 is 4.42 Å². The fourth-order valence-electron chi connectivity index (χ4n) is 1.41. The van der Waals surface area contributed by atoms with Crippen LogP contribution in [0.4, 0.5) is 0 Å². The summed E-state index contributed by atoms with van der Waals surface area (Å²) >= 11 is 1.69. The van der Waals surface area contributed by atoms with Gasteiger partial charge in [-0.05, 0) is 23.9 Å². The van der Waals surface area contributed by atoms with Gasteiger partial charge in [-0.2, -0.15) is 0 Å². The summed E-state index contributed by atoms with van der Waals surface area (Å²) in [6.45, 7) is 6.98. The van der Waals surface area contributed by atoms with Gasteiger partial charge >= 0.3 is 0 Å². The van der Waals surface area contributed by atoms with E-state index in [0.717, 1.165) is 11.7 Å². The summed E-state index contributed by atoms with van der Waals surface area (Å²) in [6.07, 6.45) is 1.80. The van der Waals surface area contributed by atoms with E-state index in [9.17, 15) is 0 Å². The average molecular weight is 236 g/mol. The highest BCUT2D eigenvalue weighted by Crippen LogP contribution is 2.29. The number of nitrogens with zero attached hydrogens (tertiary/aromatic N) is 1. The van der Waals surface area contributed by atoms with Crippen molar-refractivity contribution in [3.8, 4) is 10.6 Å². The molecule has 0 atom stereocenters. The van der Waals surface area contributed by atoms with Gasteiger partial charge in [0.1, 0.15) is 0 Å². The third-order valence-electron chi connectivity index (χ3n) is 2.30. The van der Waals surface area contributed by atoms with Crippen LogP contribution in [0, 0.1) is 6.92 Å². The van der Waals surface area contributed by atoms with Crippen molar-refractivity contribution in [2.75, 3.05) is 0 Å². The number of thiophene rings is 1. The van der Waals surface area contributed by atoms with Gasteiger partial charge in [0.15, 0.2) is 5.76 Å². The van der Waals surface area contributed by atoms with Gasteiger partial charge in [0.2, 0.25) is 5.89 Å². The molecule has 0 aliphatic carbocycles. The fourth-order valence-corrected chi connectivity index (χ4v) is 2.29. The van der Waals surface area contributed by atoms with Gasteiger partial charge in [0.25, 0.3) is 0 Å². The number of nitrogens with one attached hydrogen (secondary N) is 1. The first-order chi connectivity index (χ1) is 7.66. The van der Waals surface area contributed by atoms with Crippen LogP contribution in [0.2, 0.25) is 0 Å². The SMILES string of the molecule is Cc1ccsc1-c1cnc(CNC(C)C)o1. The molecule has 0 amide bonds. The lowest BCUT2D eigenvalue weighted by Crippen LogP contribution is -2.21. The molecule has 0 saturated carbocycles. The topological polar surface area (TPSA) is 38.1 Å². The summed E-state index contributed by atoms with van der Waals surface area (Å²) in [5.41, 5.74) is 1.24. The molecule has 2 rings (SSSR count). The fraction of sp³-hybridized carbons (Fsp3) is 0.417. The van der Waals surface area contributed by atoms with Crippen LogP contribution in [-0.2, 0) is 6.54 Å². The van der Waals surface area contributed by atoms with E-state index in [1.54, 1.807) is 17.5 Å². The monoisotopic (exact) mass is 236 g/mol. The van der Waals surface area contributed by atoms with Gasteiger partial charge in [-0.15, -0.1) is 11.3 Å². The zero-order chi connectivity index (χ0) is 11.5. The molecule has 0 radical (unpaired) electrons. The third-order valence-corrected chi connectivity index (χ3v) is 3.33. The molecular formula is C12H16N2OS. The molecule has 0 aromatic carbocycles. The van der Waals surface area contributed by atoms with Crippen molar-refractivity contribution in [2.45, 2.75) is 33.4 Å². The first kappa shape index (κ1) is 11.4. The zero-order valence-corrected chi connectivity index (χ0v) is 10.6. The molecule has 1 N–H and O–H groups in total. The first-order valence-electron chi connectivity index (χ1n) is 5.39. The minimum absolute atomic E-state index is 0.443. The van der Waals surface area contributed by atoms with Crippen LogP contribution in [0.25, 0.3) is 10.6 Å². The molecule has 0 spiro atoms. The number of rotatable bonds is 4. The van der Waals surface area contributed by atoms with Crippen molar-refractivity contribution in [3.63, 3.8) is 0 Å². The number of hydrogen-bond donors (Lipinski definition) is 1. The van der Waals surface area contributed by atoms with E-state index in [0.29, 0.717) is 12.6 Å². The summed E-state index contributed by atoms with van der Waals surface area (Å²) in [6, 6.07) is 2.54. The van der Waals surface area contributed by atoms with E-state index in [1.807, 2.05) is 0 Å². The summed E-state index contributed by atoms with van der Waals surface area (Å²) in [5, 5.41) is 5.35. The molecule has 0 unspecified atom stereocenters. The van der Waals surface area contributed by atoms with Crippen LogP contribution in [0.5, 0.6) is 0 Å². The Morgan fingerprint density at radius 1 is 1.50 bits per heavy atom. The second-order valence-corrected chi connectivity index (χ2v) is 5.00. The quantitative estimate of drug-likeness (QED) is 0.885. The third kappa shape index (κ3) is 2.51. The smallest absolute Gasteiger partial charge is 0.208 e. The molecule has 2 aromatic heterocycles. The lowest BCUT2D eigenvalue weighted by Gasteiger charge is -2.03. The molecule has 4 heteroatoms. The number of hydrogen-bond acceptors (Lipinski definition) is 4. The van der Waals surface area contributed by atoms with Gasteiger partial charge in [0.05, 0.1) is 17.6 Å². The molecule has 3 nitrogen and oxygen atoms in total. The van der Waals surface area contributed by atoms with Gasteiger partial charge in [-0.1, -0.05) is 13.8 Å². The number of oxazole rings is 1. The second kappa shape index (κ2) is 4.80. The number of aromatic nitrogens is 1. The van der Waals surface area contributed by atoms with Crippen LogP contribution < -0.4 is 5.32 Å². The maximum atomic E-state index is 5.70. The molecule has 0 bridgehead atoms. The highest BCUT2D eigenvalue weighted by atomic mass is 32.1. The van der Waals surface area contributed by atoms with Gasteiger partial charge in [-0.25, -0.2) is 4.98 Å².